The molecule has 2 amide bonds. The number of anilines is 1. The highest BCUT2D eigenvalue weighted by Crippen LogP contribution is 2.41. The summed E-state index contributed by atoms with van der Waals surface area (Å²) in [5.74, 6) is -1.74. The molecule has 1 aliphatic carbocycles. The van der Waals surface area contributed by atoms with Crippen molar-refractivity contribution in [3.05, 3.63) is 99.5 Å². The Morgan fingerprint density at radius 2 is 1.46 bits per heavy atom. The van der Waals surface area contributed by atoms with Crippen molar-refractivity contribution in [3.63, 3.8) is 0 Å². The number of carboxylic acid groups (broad SMARTS) is 1. The second kappa shape index (κ2) is 11.8. The maximum absolute atomic E-state index is 13.4. The number of carbonyl (C=O) groups excluding carboxylic acids is 2. The Kier molecular flexibility index (Phi) is 8.52. The van der Waals surface area contributed by atoms with E-state index in [-0.39, 0.29) is 27.9 Å². The highest BCUT2D eigenvalue weighted by molar-refractivity contribution is 6.40. The first-order chi connectivity index (χ1) is 17.8. The summed E-state index contributed by atoms with van der Waals surface area (Å²) in [6.45, 7) is 0. The van der Waals surface area contributed by atoms with Gasteiger partial charge in [0.05, 0.1) is 21.0 Å². The predicted molar refractivity (Wildman–Crippen MR) is 145 cm³/mol. The van der Waals surface area contributed by atoms with Crippen LogP contribution in [0, 0.1) is 5.41 Å². The van der Waals surface area contributed by atoms with E-state index in [0.717, 1.165) is 31.2 Å². The van der Waals surface area contributed by atoms with E-state index in [0.29, 0.717) is 17.7 Å². The standard InChI is InChI=1S/C29H28Cl2N2O4/c30-22-9-6-10-23(31)25(22)26(34)32-21-13-11-19(12-14-21)17-24(27(35)36)33-28(37)29(15-4-5-16-29)18-20-7-2-1-3-8-20/h1-3,6-14,24H,4-5,15-18H2,(H,32,34)(H,33,37)(H,35,36). The molecule has 0 radical (unpaired) electrons. The monoisotopic (exact) mass is 538 g/mol. The summed E-state index contributed by atoms with van der Waals surface area (Å²) >= 11 is 12.2. The summed E-state index contributed by atoms with van der Waals surface area (Å²) in [6, 6.07) is 20.4. The van der Waals surface area contributed by atoms with Crippen molar-refractivity contribution in [1.29, 1.82) is 0 Å². The van der Waals surface area contributed by atoms with Gasteiger partial charge in [-0.15, -0.1) is 0 Å². The van der Waals surface area contributed by atoms with Gasteiger partial charge in [-0.1, -0.05) is 84.6 Å². The fraction of sp³-hybridized carbons (Fsp3) is 0.276. The van der Waals surface area contributed by atoms with Crippen LogP contribution in [0.25, 0.3) is 0 Å². The molecule has 192 valence electrons. The number of hydrogen-bond donors (Lipinski definition) is 3. The average molecular weight is 539 g/mol. The van der Waals surface area contributed by atoms with Crippen molar-refractivity contribution < 1.29 is 19.5 Å². The molecule has 3 aromatic rings. The molecule has 1 fully saturated rings. The molecule has 37 heavy (non-hydrogen) atoms. The molecule has 0 bridgehead atoms. The SMILES string of the molecule is O=C(Nc1ccc(CC(NC(=O)C2(Cc3ccccc3)CCCC2)C(=O)O)cc1)c1c(Cl)cccc1Cl. The van der Waals surface area contributed by atoms with Gasteiger partial charge in [-0.25, -0.2) is 4.79 Å². The third kappa shape index (κ3) is 6.51. The fourth-order valence-electron chi connectivity index (χ4n) is 4.90. The molecule has 3 aromatic carbocycles. The van der Waals surface area contributed by atoms with Gasteiger partial charge < -0.3 is 15.7 Å². The summed E-state index contributed by atoms with van der Waals surface area (Å²) in [7, 11) is 0. The number of benzene rings is 3. The topological polar surface area (TPSA) is 95.5 Å². The van der Waals surface area contributed by atoms with E-state index in [9.17, 15) is 19.5 Å². The predicted octanol–water partition coefficient (Wildman–Crippen LogP) is 6.16. The zero-order chi connectivity index (χ0) is 26.4. The molecule has 8 heteroatoms. The van der Waals surface area contributed by atoms with E-state index in [1.54, 1.807) is 42.5 Å². The number of halogens is 2. The number of aliphatic carboxylic acids is 1. The molecule has 1 saturated carbocycles. The maximum Gasteiger partial charge on any atom is 0.326 e. The van der Waals surface area contributed by atoms with E-state index in [2.05, 4.69) is 10.6 Å². The Labute approximate surface area is 226 Å². The normalized spacial score (nSPS) is 15.1. The minimum Gasteiger partial charge on any atom is -0.480 e. The Morgan fingerprint density at radius 3 is 2.05 bits per heavy atom. The summed E-state index contributed by atoms with van der Waals surface area (Å²) in [6.07, 6.45) is 4.09. The van der Waals surface area contributed by atoms with Crippen LogP contribution in [0.5, 0.6) is 0 Å². The summed E-state index contributed by atoms with van der Waals surface area (Å²) in [5.41, 5.74) is 1.88. The summed E-state index contributed by atoms with van der Waals surface area (Å²) in [5, 5.41) is 15.9. The number of carboxylic acids is 1. The molecule has 1 aliphatic rings. The van der Waals surface area contributed by atoms with Crippen molar-refractivity contribution >= 4 is 46.7 Å². The van der Waals surface area contributed by atoms with Gasteiger partial charge in [0, 0.05) is 12.1 Å². The lowest BCUT2D eigenvalue weighted by Crippen LogP contribution is -2.49. The van der Waals surface area contributed by atoms with Crippen molar-refractivity contribution in [1.82, 2.24) is 5.32 Å². The van der Waals surface area contributed by atoms with E-state index in [4.69, 9.17) is 23.2 Å². The second-order valence-electron chi connectivity index (χ2n) is 9.47. The Hall–Kier alpha value is -3.35. The van der Waals surface area contributed by atoms with Crippen molar-refractivity contribution in [3.8, 4) is 0 Å². The smallest absolute Gasteiger partial charge is 0.326 e. The lowest BCUT2D eigenvalue weighted by atomic mass is 9.79. The first-order valence-electron chi connectivity index (χ1n) is 12.2. The Balaban J connectivity index is 1.42. The molecular weight excluding hydrogens is 511 g/mol. The Morgan fingerprint density at radius 1 is 0.838 bits per heavy atom. The van der Waals surface area contributed by atoms with Gasteiger partial charge >= 0.3 is 5.97 Å². The van der Waals surface area contributed by atoms with Gasteiger partial charge in [0.15, 0.2) is 0 Å². The molecule has 0 saturated heterocycles. The molecule has 1 unspecified atom stereocenters. The molecule has 0 aromatic heterocycles. The second-order valence-corrected chi connectivity index (χ2v) is 10.3. The lowest BCUT2D eigenvalue weighted by molar-refractivity contribution is -0.143. The van der Waals surface area contributed by atoms with Crippen LogP contribution in [0.1, 0.15) is 47.2 Å². The van der Waals surface area contributed by atoms with Crippen LogP contribution in [-0.2, 0) is 22.4 Å². The highest BCUT2D eigenvalue weighted by Gasteiger charge is 2.42. The van der Waals surface area contributed by atoms with Crippen LogP contribution < -0.4 is 10.6 Å². The molecule has 0 spiro atoms. The minimum absolute atomic E-state index is 0.118. The van der Waals surface area contributed by atoms with E-state index >= 15 is 0 Å². The molecule has 3 N–H and O–H groups in total. The first kappa shape index (κ1) is 26.7. The van der Waals surface area contributed by atoms with Crippen molar-refractivity contribution in [2.75, 3.05) is 5.32 Å². The van der Waals surface area contributed by atoms with Crippen LogP contribution in [0.3, 0.4) is 0 Å². The van der Waals surface area contributed by atoms with E-state index in [1.165, 1.54) is 0 Å². The van der Waals surface area contributed by atoms with Crippen LogP contribution in [-0.4, -0.2) is 28.9 Å². The van der Waals surface area contributed by atoms with Crippen LogP contribution >= 0.6 is 23.2 Å². The number of amides is 2. The first-order valence-corrected chi connectivity index (χ1v) is 12.9. The van der Waals surface area contributed by atoms with Crippen LogP contribution in [0.2, 0.25) is 10.0 Å². The van der Waals surface area contributed by atoms with Crippen molar-refractivity contribution in [2.24, 2.45) is 5.41 Å². The van der Waals surface area contributed by atoms with Gasteiger partial charge in [-0.3, -0.25) is 9.59 Å². The number of carbonyl (C=O) groups is 3. The summed E-state index contributed by atoms with van der Waals surface area (Å²) in [4.78, 5) is 38.1. The van der Waals surface area contributed by atoms with E-state index < -0.39 is 23.3 Å². The highest BCUT2D eigenvalue weighted by atomic mass is 35.5. The number of nitrogens with one attached hydrogen (secondary N) is 2. The zero-order valence-corrected chi connectivity index (χ0v) is 21.7. The minimum atomic E-state index is -1.09. The van der Waals surface area contributed by atoms with Gasteiger partial charge in [0.25, 0.3) is 5.91 Å². The van der Waals surface area contributed by atoms with E-state index in [1.807, 2.05) is 30.3 Å². The largest absolute Gasteiger partial charge is 0.480 e. The molecule has 4 rings (SSSR count). The zero-order valence-electron chi connectivity index (χ0n) is 20.2. The van der Waals surface area contributed by atoms with Crippen LogP contribution in [0.15, 0.2) is 72.8 Å². The van der Waals surface area contributed by atoms with Gasteiger partial charge in [-0.2, -0.15) is 0 Å². The molecule has 6 nitrogen and oxygen atoms in total. The quantitative estimate of drug-likeness (QED) is 0.304. The van der Waals surface area contributed by atoms with Gasteiger partial charge in [0.1, 0.15) is 6.04 Å². The average Bonchev–Trinajstić information content (AvgIpc) is 3.35. The lowest BCUT2D eigenvalue weighted by Gasteiger charge is -2.29. The third-order valence-electron chi connectivity index (χ3n) is 6.87. The Bertz CT molecular complexity index is 1250. The third-order valence-corrected chi connectivity index (χ3v) is 7.50. The molecule has 1 atom stereocenters. The van der Waals surface area contributed by atoms with Gasteiger partial charge in [-0.05, 0) is 54.7 Å². The maximum atomic E-state index is 13.4. The fourth-order valence-corrected chi connectivity index (χ4v) is 5.47. The molecule has 0 aliphatic heterocycles. The van der Waals surface area contributed by atoms with Crippen molar-refractivity contribution in [2.45, 2.75) is 44.6 Å². The van der Waals surface area contributed by atoms with Gasteiger partial charge in [0.2, 0.25) is 5.91 Å². The van der Waals surface area contributed by atoms with Crippen LogP contribution in [0.4, 0.5) is 5.69 Å². The molecular formula is C29H28Cl2N2O4. The molecule has 0 heterocycles. The summed E-state index contributed by atoms with van der Waals surface area (Å²) < 4.78 is 0. The number of hydrogen-bond acceptors (Lipinski definition) is 3. The number of rotatable bonds is 9.